The summed E-state index contributed by atoms with van der Waals surface area (Å²) < 4.78 is 50.7. The molecule has 0 spiro atoms. The summed E-state index contributed by atoms with van der Waals surface area (Å²) in [5, 5.41) is 2.21. The van der Waals surface area contributed by atoms with E-state index in [0.29, 0.717) is 12.1 Å². The van der Waals surface area contributed by atoms with Crippen molar-refractivity contribution in [3.63, 3.8) is 0 Å². The van der Waals surface area contributed by atoms with Gasteiger partial charge in [-0.15, -0.1) is 0 Å². The zero-order valence-electron chi connectivity index (χ0n) is 9.54. The van der Waals surface area contributed by atoms with Gasteiger partial charge in [0.15, 0.2) is 0 Å². The summed E-state index contributed by atoms with van der Waals surface area (Å²) in [5.74, 6) is -1.73. The molecule has 0 aliphatic carbocycles. The Morgan fingerprint density at radius 1 is 1.15 bits per heavy atom. The van der Waals surface area contributed by atoms with E-state index in [1.54, 1.807) is 0 Å². The lowest BCUT2D eigenvalue weighted by Crippen LogP contribution is -2.09. The van der Waals surface area contributed by atoms with Crippen molar-refractivity contribution >= 4 is 29.2 Å². The predicted molar refractivity (Wildman–Crippen MR) is 63.9 cm³/mol. The van der Waals surface area contributed by atoms with Gasteiger partial charge < -0.3 is 11.1 Å². The molecule has 20 heavy (non-hydrogen) atoms. The largest absolute Gasteiger partial charge is 0.419 e. The minimum atomic E-state index is -4.81. The molecule has 0 fully saturated rings. The molecule has 1 aromatic carbocycles. The Labute approximate surface area is 114 Å². The summed E-state index contributed by atoms with van der Waals surface area (Å²) >= 11 is 5.52. The van der Waals surface area contributed by atoms with Gasteiger partial charge in [-0.25, -0.2) is 4.39 Å². The van der Waals surface area contributed by atoms with Crippen LogP contribution in [0.5, 0.6) is 0 Å². The van der Waals surface area contributed by atoms with Crippen LogP contribution >= 0.6 is 11.6 Å². The second-order valence-electron chi connectivity index (χ2n) is 3.60. The normalized spacial score (nSPS) is 11.4. The quantitative estimate of drug-likeness (QED) is 0.834. The molecule has 106 valence electrons. The minimum Gasteiger partial charge on any atom is -0.368 e. The Bertz CT molecular complexity index is 626. The molecule has 0 unspecified atom stereocenters. The fourth-order valence-electron chi connectivity index (χ4n) is 1.37. The minimum absolute atomic E-state index is 0.0691. The van der Waals surface area contributed by atoms with Crippen LogP contribution in [0.3, 0.4) is 0 Å². The van der Waals surface area contributed by atoms with Crippen LogP contribution in [-0.4, -0.2) is 15.0 Å². The van der Waals surface area contributed by atoms with Gasteiger partial charge in [0.05, 0.1) is 5.56 Å². The number of alkyl halides is 3. The molecule has 1 heterocycles. The van der Waals surface area contributed by atoms with Crippen LogP contribution in [0.2, 0.25) is 5.28 Å². The van der Waals surface area contributed by atoms with Gasteiger partial charge in [-0.2, -0.15) is 28.1 Å². The molecule has 2 rings (SSSR count). The van der Waals surface area contributed by atoms with Crippen molar-refractivity contribution in [2.75, 3.05) is 11.1 Å². The number of rotatable bonds is 2. The van der Waals surface area contributed by atoms with E-state index in [1.807, 2.05) is 0 Å². The Kier molecular flexibility index (Phi) is 3.62. The van der Waals surface area contributed by atoms with Gasteiger partial charge >= 0.3 is 6.18 Å². The topological polar surface area (TPSA) is 76.7 Å². The van der Waals surface area contributed by atoms with E-state index in [9.17, 15) is 17.6 Å². The van der Waals surface area contributed by atoms with Crippen LogP contribution < -0.4 is 11.1 Å². The molecule has 5 nitrogen and oxygen atoms in total. The third-order valence-corrected chi connectivity index (χ3v) is 2.32. The van der Waals surface area contributed by atoms with Crippen molar-refractivity contribution in [2.24, 2.45) is 0 Å². The van der Waals surface area contributed by atoms with Crippen LogP contribution in [0.15, 0.2) is 18.2 Å². The summed E-state index contributed by atoms with van der Waals surface area (Å²) in [6.45, 7) is 0. The van der Waals surface area contributed by atoms with Crippen LogP contribution in [0.4, 0.5) is 35.1 Å². The highest BCUT2D eigenvalue weighted by Crippen LogP contribution is 2.33. The lowest BCUT2D eigenvalue weighted by molar-refractivity contribution is -0.139. The number of nitrogens with zero attached hydrogens (tertiary/aromatic N) is 3. The monoisotopic (exact) mass is 307 g/mol. The smallest absolute Gasteiger partial charge is 0.368 e. The number of anilines is 3. The molecule has 0 radical (unpaired) electrons. The summed E-state index contributed by atoms with van der Waals surface area (Å²) in [4.78, 5) is 10.7. The molecule has 3 N–H and O–H groups in total. The van der Waals surface area contributed by atoms with Crippen molar-refractivity contribution < 1.29 is 17.6 Å². The standard InChI is InChI=1S/C10H6ClF4N5/c11-7-18-8(16)20-9(19-7)17-4-1-2-6(12)5(3-4)10(13,14)15/h1-3H,(H3,16,17,18,19,20). The lowest BCUT2D eigenvalue weighted by Gasteiger charge is -2.11. The van der Waals surface area contributed by atoms with E-state index >= 15 is 0 Å². The van der Waals surface area contributed by atoms with Crippen LogP contribution in [0.25, 0.3) is 0 Å². The van der Waals surface area contributed by atoms with Gasteiger partial charge in [0, 0.05) is 5.69 Å². The first-order chi connectivity index (χ1) is 9.25. The molecule has 0 aliphatic heterocycles. The maximum absolute atomic E-state index is 13.1. The van der Waals surface area contributed by atoms with Crippen molar-refractivity contribution in [3.05, 3.63) is 34.9 Å². The highest BCUT2D eigenvalue weighted by Gasteiger charge is 2.34. The number of hydrogen-bond acceptors (Lipinski definition) is 5. The van der Waals surface area contributed by atoms with Crippen molar-refractivity contribution in [1.82, 2.24) is 15.0 Å². The molecular weight excluding hydrogens is 302 g/mol. The number of nitrogens with one attached hydrogen (secondary N) is 1. The Morgan fingerprint density at radius 2 is 1.85 bits per heavy atom. The fraction of sp³-hybridized carbons (Fsp3) is 0.100. The number of nitrogen functional groups attached to an aromatic ring is 1. The summed E-state index contributed by atoms with van der Waals surface area (Å²) in [5.41, 5.74) is 3.83. The molecule has 0 saturated heterocycles. The van der Waals surface area contributed by atoms with Gasteiger partial charge in [0.25, 0.3) is 0 Å². The van der Waals surface area contributed by atoms with Crippen molar-refractivity contribution in [1.29, 1.82) is 0 Å². The molecule has 10 heteroatoms. The van der Waals surface area contributed by atoms with Crippen LogP contribution in [0.1, 0.15) is 5.56 Å². The number of benzene rings is 1. The number of nitrogens with two attached hydrogens (primary N) is 1. The summed E-state index contributed by atoms with van der Waals surface area (Å²) in [6, 6.07) is 2.36. The average Bonchev–Trinajstić information content (AvgIpc) is 2.29. The molecule has 0 bridgehead atoms. The Hall–Kier alpha value is -2.16. The van der Waals surface area contributed by atoms with E-state index < -0.39 is 17.6 Å². The molecule has 1 aromatic heterocycles. The first-order valence-electron chi connectivity index (χ1n) is 5.06. The molecule has 2 aromatic rings. The SMILES string of the molecule is Nc1nc(Cl)nc(Nc2ccc(F)c(C(F)(F)F)c2)n1. The third kappa shape index (κ3) is 3.23. The van der Waals surface area contributed by atoms with Crippen LogP contribution in [-0.2, 0) is 6.18 Å². The first-order valence-corrected chi connectivity index (χ1v) is 5.44. The van der Waals surface area contributed by atoms with E-state index in [1.165, 1.54) is 0 Å². The second-order valence-corrected chi connectivity index (χ2v) is 3.94. The first kappa shape index (κ1) is 14.3. The van der Waals surface area contributed by atoms with Gasteiger partial charge in [0.2, 0.25) is 17.2 Å². The summed E-state index contributed by atoms with van der Waals surface area (Å²) in [6.07, 6.45) is -4.81. The molecule has 0 saturated carbocycles. The predicted octanol–water partition coefficient (Wildman–Crippen LogP) is 3.01. The van der Waals surface area contributed by atoms with E-state index in [-0.39, 0.29) is 22.9 Å². The Morgan fingerprint density at radius 3 is 2.45 bits per heavy atom. The molecule has 0 aliphatic rings. The van der Waals surface area contributed by atoms with E-state index in [4.69, 9.17) is 17.3 Å². The lowest BCUT2D eigenvalue weighted by atomic mass is 10.2. The molecule has 0 atom stereocenters. The maximum Gasteiger partial charge on any atom is 0.419 e. The zero-order valence-corrected chi connectivity index (χ0v) is 10.3. The van der Waals surface area contributed by atoms with Gasteiger partial charge in [0.1, 0.15) is 5.82 Å². The van der Waals surface area contributed by atoms with E-state index in [0.717, 1.165) is 6.07 Å². The third-order valence-electron chi connectivity index (χ3n) is 2.15. The van der Waals surface area contributed by atoms with Gasteiger partial charge in [-0.1, -0.05) is 0 Å². The number of hydrogen-bond donors (Lipinski definition) is 2. The molecular formula is C10H6ClF4N5. The maximum atomic E-state index is 13.1. The van der Waals surface area contributed by atoms with Gasteiger partial charge in [-0.3, -0.25) is 0 Å². The Balaban J connectivity index is 2.35. The van der Waals surface area contributed by atoms with Crippen molar-refractivity contribution in [2.45, 2.75) is 6.18 Å². The number of halogens is 5. The average molecular weight is 308 g/mol. The molecule has 0 amide bonds. The van der Waals surface area contributed by atoms with Crippen LogP contribution in [0, 0.1) is 5.82 Å². The highest BCUT2D eigenvalue weighted by molar-refractivity contribution is 6.28. The fourth-order valence-corrected chi connectivity index (χ4v) is 1.54. The summed E-state index contributed by atoms with van der Waals surface area (Å²) in [7, 11) is 0. The highest BCUT2D eigenvalue weighted by atomic mass is 35.5. The van der Waals surface area contributed by atoms with Crippen molar-refractivity contribution in [3.8, 4) is 0 Å². The van der Waals surface area contributed by atoms with Gasteiger partial charge in [-0.05, 0) is 29.8 Å². The zero-order chi connectivity index (χ0) is 14.9. The second kappa shape index (κ2) is 5.08. The van der Waals surface area contributed by atoms with E-state index in [2.05, 4.69) is 20.3 Å². The number of aromatic nitrogens is 3.